The van der Waals surface area contributed by atoms with Crippen LogP contribution in [0.15, 0.2) is 48.7 Å². The number of benzene rings is 2. The molecule has 26 heavy (non-hydrogen) atoms. The van der Waals surface area contributed by atoms with E-state index in [0.29, 0.717) is 0 Å². The minimum Gasteiger partial charge on any atom is -0.427 e. The van der Waals surface area contributed by atoms with E-state index in [1.807, 2.05) is 38.2 Å². The number of aromatic nitrogens is 1. The monoisotopic (exact) mass is 362 g/mol. The molecule has 0 bridgehead atoms. The molecule has 0 aliphatic carbocycles. The molecule has 2 heterocycles. The third-order valence-electron chi connectivity index (χ3n) is 5.24. The molecule has 0 atom stereocenters. The molecule has 0 fully saturated rings. The van der Waals surface area contributed by atoms with E-state index in [1.165, 1.54) is 20.2 Å². The zero-order chi connectivity index (χ0) is 18.5. The molecule has 5 heteroatoms. The molecule has 4 rings (SSSR count). The molecule has 0 aliphatic rings. The van der Waals surface area contributed by atoms with E-state index < -0.39 is 11.2 Å². The summed E-state index contributed by atoms with van der Waals surface area (Å²) in [4.78, 5) is 4.54. The average Bonchev–Trinajstić information content (AvgIpc) is 2.98. The van der Waals surface area contributed by atoms with Crippen molar-refractivity contribution in [1.29, 1.82) is 0 Å². The molecular weight excluding hydrogens is 341 g/mol. The topological polar surface area (TPSA) is 42.4 Å². The zero-order valence-corrected chi connectivity index (χ0v) is 16.2. The van der Waals surface area contributed by atoms with Gasteiger partial charge in [0, 0.05) is 16.3 Å². The second kappa shape index (κ2) is 6.05. The SMILES string of the molecule is CC(C)(O)C(C)(C)O[B]c1cccc2c1ccc1c3ncccc3sc21. The van der Waals surface area contributed by atoms with Gasteiger partial charge in [0.2, 0.25) is 0 Å². The van der Waals surface area contributed by atoms with Crippen molar-refractivity contribution >= 4 is 55.4 Å². The summed E-state index contributed by atoms with van der Waals surface area (Å²) >= 11 is 1.77. The predicted octanol–water partition coefficient (Wildman–Crippen LogP) is 4.41. The summed E-state index contributed by atoms with van der Waals surface area (Å²) in [6.07, 6.45) is 1.84. The maximum atomic E-state index is 10.3. The Morgan fingerprint density at radius 1 is 0.962 bits per heavy atom. The molecule has 3 nitrogen and oxygen atoms in total. The van der Waals surface area contributed by atoms with Gasteiger partial charge >= 0.3 is 7.48 Å². The van der Waals surface area contributed by atoms with Gasteiger partial charge in [0.25, 0.3) is 0 Å². The van der Waals surface area contributed by atoms with Crippen molar-refractivity contribution in [3.05, 3.63) is 48.7 Å². The lowest BCUT2D eigenvalue weighted by Crippen LogP contribution is -2.49. The Labute approximate surface area is 157 Å². The van der Waals surface area contributed by atoms with Crippen molar-refractivity contribution in [3.8, 4) is 0 Å². The highest BCUT2D eigenvalue weighted by molar-refractivity contribution is 7.26. The van der Waals surface area contributed by atoms with Gasteiger partial charge in [-0.2, -0.15) is 0 Å². The molecule has 0 amide bonds. The summed E-state index contributed by atoms with van der Waals surface area (Å²) in [5.74, 6) is 0. The molecule has 0 spiro atoms. The highest BCUT2D eigenvalue weighted by Crippen LogP contribution is 2.36. The van der Waals surface area contributed by atoms with Gasteiger partial charge in [0.15, 0.2) is 0 Å². The zero-order valence-electron chi connectivity index (χ0n) is 15.4. The number of aliphatic hydroxyl groups is 1. The van der Waals surface area contributed by atoms with Crippen molar-refractivity contribution in [2.75, 3.05) is 0 Å². The van der Waals surface area contributed by atoms with Gasteiger partial charge in [-0.15, -0.1) is 11.3 Å². The van der Waals surface area contributed by atoms with Gasteiger partial charge in [0.1, 0.15) is 0 Å². The van der Waals surface area contributed by atoms with Crippen LogP contribution in [0.3, 0.4) is 0 Å². The molecule has 0 aliphatic heterocycles. The molecule has 2 aromatic heterocycles. The largest absolute Gasteiger partial charge is 0.427 e. The predicted molar refractivity (Wildman–Crippen MR) is 111 cm³/mol. The Morgan fingerprint density at radius 3 is 2.50 bits per heavy atom. The fourth-order valence-corrected chi connectivity index (χ4v) is 4.08. The van der Waals surface area contributed by atoms with Gasteiger partial charge in [-0.25, -0.2) is 0 Å². The first-order chi connectivity index (χ1) is 12.3. The van der Waals surface area contributed by atoms with Crippen LogP contribution in [0.4, 0.5) is 0 Å². The van der Waals surface area contributed by atoms with Crippen LogP contribution in [0.25, 0.3) is 31.1 Å². The number of fused-ring (bicyclic) bond motifs is 5. The highest BCUT2D eigenvalue weighted by atomic mass is 32.1. The third-order valence-corrected chi connectivity index (χ3v) is 6.43. The Kier molecular flexibility index (Phi) is 4.06. The molecule has 4 aromatic rings. The lowest BCUT2D eigenvalue weighted by atomic mass is 9.80. The lowest BCUT2D eigenvalue weighted by Gasteiger charge is -2.37. The molecule has 1 N–H and O–H groups in total. The number of pyridine rings is 1. The number of hydrogen-bond acceptors (Lipinski definition) is 4. The molecule has 0 unspecified atom stereocenters. The van der Waals surface area contributed by atoms with E-state index in [4.69, 9.17) is 4.65 Å². The summed E-state index contributed by atoms with van der Waals surface area (Å²) in [7, 11) is 1.76. The van der Waals surface area contributed by atoms with Crippen LogP contribution in [-0.4, -0.2) is 28.8 Å². The van der Waals surface area contributed by atoms with Crippen LogP contribution < -0.4 is 5.46 Å². The van der Waals surface area contributed by atoms with Crippen molar-refractivity contribution in [1.82, 2.24) is 4.98 Å². The minimum atomic E-state index is -0.946. The van der Waals surface area contributed by atoms with Crippen LogP contribution in [0.2, 0.25) is 0 Å². The summed E-state index contributed by atoms with van der Waals surface area (Å²) in [5, 5.41) is 13.8. The van der Waals surface area contributed by atoms with Crippen LogP contribution in [-0.2, 0) is 4.65 Å². The summed E-state index contributed by atoms with van der Waals surface area (Å²) in [6.45, 7) is 7.31. The van der Waals surface area contributed by atoms with Crippen molar-refractivity contribution in [2.24, 2.45) is 0 Å². The van der Waals surface area contributed by atoms with Crippen molar-refractivity contribution in [2.45, 2.75) is 38.9 Å². The maximum absolute atomic E-state index is 10.3. The third kappa shape index (κ3) is 2.80. The summed E-state index contributed by atoms with van der Waals surface area (Å²) in [5.41, 5.74) is 0.426. The first-order valence-corrected chi connectivity index (χ1v) is 9.52. The average molecular weight is 362 g/mol. The van der Waals surface area contributed by atoms with Crippen LogP contribution in [0.1, 0.15) is 27.7 Å². The van der Waals surface area contributed by atoms with Gasteiger partial charge in [-0.05, 0) is 56.1 Å². The Balaban J connectivity index is 1.81. The first-order valence-electron chi connectivity index (χ1n) is 8.70. The number of rotatable bonds is 4. The highest BCUT2D eigenvalue weighted by Gasteiger charge is 2.35. The number of hydrogen-bond donors (Lipinski definition) is 1. The number of nitrogens with zero attached hydrogens (tertiary/aromatic N) is 1. The molecule has 0 saturated carbocycles. The van der Waals surface area contributed by atoms with E-state index in [0.717, 1.165) is 16.4 Å². The second-order valence-corrected chi connectivity index (χ2v) is 8.69. The Hall–Kier alpha value is -1.95. The molecule has 131 valence electrons. The summed E-state index contributed by atoms with van der Waals surface area (Å²) in [6, 6.07) is 14.6. The Bertz CT molecular complexity index is 1110. The van der Waals surface area contributed by atoms with E-state index in [-0.39, 0.29) is 0 Å². The first kappa shape index (κ1) is 17.5. The fraction of sp³-hybridized carbons (Fsp3) is 0.286. The van der Waals surface area contributed by atoms with Gasteiger partial charge in [-0.1, -0.05) is 30.3 Å². The molecule has 0 saturated heterocycles. The van der Waals surface area contributed by atoms with Crippen molar-refractivity contribution < 1.29 is 9.76 Å². The smallest absolute Gasteiger partial charge is 0.331 e. The summed E-state index contributed by atoms with van der Waals surface area (Å²) < 4.78 is 8.42. The second-order valence-electron chi connectivity index (χ2n) is 7.64. The van der Waals surface area contributed by atoms with Gasteiger partial charge < -0.3 is 9.76 Å². The van der Waals surface area contributed by atoms with Gasteiger partial charge in [-0.3, -0.25) is 4.98 Å². The fourth-order valence-electron chi connectivity index (χ4n) is 2.89. The standard InChI is InChI=1S/C21H21BNO2S/c1-20(2,24)21(3,4)25-22-16-8-5-7-14-13(16)10-11-15-18-17(26-19(14)15)9-6-12-23-18/h5-12,24H,1-4H3. The van der Waals surface area contributed by atoms with E-state index >= 15 is 0 Å². The maximum Gasteiger partial charge on any atom is 0.331 e. The minimum absolute atomic E-state index is 0.694. The van der Waals surface area contributed by atoms with Crippen LogP contribution in [0.5, 0.6) is 0 Å². The van der Waals surface area contributed by atoms with E-state index in [1.54, 1.807) is 32.7 Å². The molecular formula is C21H21BNO2S. The van der Waals surface area contributed by atoms with Crippen molar-refractivity contribution in [3.63, 3.8) is 0 Å². The normalized spacial score (nSPS) is 13.0. The lowest BCUT2D eigenvalue weighted by molar-refractivity contribution is -0.0893. The Morgan fingerprint density at radius 2 is 1.73 bits per heavy atom. The van der Waals surface area contributed by atoms with E-state index in [9.17, 15) is 5.11 Å². The van der Waals surface area contributed by atoms with Crippen LogP contribution >= 0.6 is 11.3 Å². The van der Waals surface area contributed by atoms with Crippen LogP contribution in [0, 0.1) is 0 Å². The van der Waals surface area contributed by atoms with Gasteiger partial charge in [0.05, 0.1) is 21.4 Å². The molecule has 1 radical (unpaired) electrons. The van der Waals surface area contributed by atoms with E-state index in [2.05, 4.69) is 29.2 Å². The molecule has 2 aromatic carbocycles. The quantitative estimate of drug-likeness (QED) is 0.547. The number of thiophene rings is 1.